The molecule has 0 radical (unpaired) electrons. The third-order valence-electron chi connectivity index (χ3n) is 3.38. The van der Waals surface area contributed by atoms with Gasteiger partial charge in [0.25, 0.3) is 0 Å². The highest BCUT2D eigenvalue weighted by Gasteiger charge is 2.26. The molecule has 1 saturated heterocycles. The first-order chi connectivity index (χ1) is 7.98. The Labute approximate surface area is 103 Å². The predicted molar refractivity (Wildman–Crippen MR) is 69.5 cm³/mol. The number of carbonyl (C=O) groups excluding carboxylic acids is 1. The Morgan fingerprint density at radius 2 is 2.18 bits per heavy atom. The SMILES string of the molecule is CC(=O)c1ccc(N2CCCC(C)(C)C2)nc1. The summed E-state index contributed by atoms with van der Waals surface area (Å²) in [5, 5.41) is 0. The lowest BCUT2D eigenvalue weighted by atomic mass is 9.84. The molecule has 0 amide bonds. The standard InChI is InChI=1S/C14H20N2O/c1-11(17)12-5-6-13(15-9-12)16-8-4-7-14(2,3)10-16/h5-6,9H,4,7-8,10H2,1-3H3. The first kappa shape index (κ1) is 12.1. The second-order valence-corrected chi connectivity index (χ2v) is 5.65. The summed E-state index contributed by atoms with van der Waals surface area (Å²) in [6.07, 6.45) is 4.16. The molecule has 1 aromatic rings. The summed E-state index contributed by atoms with van der Waals surface area (Å²) < 4.78 is 0. The minimum Gasteiger partial charge on any atom is -0.356 e. The highest BCUT2D eigenvalue weighted by molar-refractivity contribution is 5.93. The van der Waals surface area contributed by atoms with Crippen LogP contribution < -0.4 is 4.90 Å². The first-order valence-corrected chi connectivity index (χ1v) is 6.20. The fourth-order valence-corrected chi connectivity index (χ4v) is 2.40. The van der Waals surface area contributed by atoms with Crippen LogP contribution in [0.3, 0.4) is 0 Å². The second kappa shape index (κ2) is 4.47. The Balaban J connectivity index is 2.14. The molecule has 1 aliphatic rings. The summed E-state index contributed by atoms with van der Waals surface area (Å²) in [4.78, 5) is 17.9. The number of piperidine rings is 1. The van der Waals surface area contributed by atoms with Crippen LogP contribution in [0.5, 0.6) is 0 Å². The molecule has 0 atom stereocenters. The summed E-state index contributed by atoms with van der Waals surface area (Å²) in [6.45, 7) is 8.27. The van der Waals surface area contributed by atoms with Gasteiger partial charge in [-0.15, -0.1) is 0 Å². The van der Waals surface area contributed by atoms with Crippen molar-refractivity contribution in [1.29, 1.82) is 0 Å². The maximum Gasteiger partial charge on any atom is 0.161 e. The largest absolute Gasteiger partial charge is 0.356 e. The minimum absolute atomic E-state index is 0.0722. The van der Waals surface area contributed by atoms with Crippen molar-refractivity contribution in [2.24, 2.45) is 5.41 Å². The number of rotatable bonds is 2. The van der Waals surface area contributed by atoms with Crippen LogP contribution in [-0.2, 0) is 0 Å². The number of nitrogens with zero attached hydrogens (tertiary/aromatic N) is 2. The number of hydrogen-bond donors (Lipinski definition) is 0. The van der Waals surface area contributed by atoms with E-state index in [1.165, 1.54) is 12.8 Å². The number of ketones is 1. The first-order valence-electron chi connectivity index (χ1n) is 6.20. The summed E-state index contributed by atoms with van der Waals surface area (Å²) in [5.74, 6) is 1.06. The quantitative estimate of drug-likeness (QED) is 0.735. The molecule has 2 heterocycles. The fraction of sp³-hybridized carbons (Fsp3) is 0.571. The van der Waals surface area contributed by atoms with Crippen LogP contribution in [0.2, 0.25) is 0 Å². The van der Waals surface area contributed by atoms with E-state index in [1.54, 1.807) is 13.1 Å². The molecule has 3 heteroatoms. The lowest BCUT2D eigenvalue weighted by Gasteiger charge is -2.38. The van der Waals surface area contributed by atoms with Gasteiger partial charge in [0.15, 0.2) is 5.78 Å². The van der Waals surface area contributed by atoms with Gasteiger partial charge >= 0.3 is 0 Å². The number of Topliss-reactive ketones (excluding diaryl/α,β-unsaturated/α-hetero) is 1. The van der Waals surface area contributed by atoms with Crippen molar-refractivity contribution < 1.29 is 4.79 Å². The van der Waals surface area contributed by atoms with Gasteiger partial charge in [-0.05, 0) is 37.3 Å². The van der Waals surface area contributed by atoms with Gasteiger partial charge in [0.1, 0.15) is 5.82 Å². The van der Waals surface area contributed by atoms with Crippen molar-refractivity contribution in [3.63, 3.8) is 0 Å². The highest BCUT2D eigenvalue weighted by atomic mass is 16.1. The Morgan fingerprint density at radius 3 is 2.71 bits per heavy atom. The Kier molecular flexibility index (Phi) is 3.18. The predicted octanol–water partition coefficient (Wildman–Crippen LogP) is 2.91. The van der Waals surface area contributed by atoms with Gasteiger partial charge < -0.3 is 4.90 Å². The average molecular weight is 232 g/mol. The topological polar surface area (TPSA) is 33.2 Å². The van der Waals surface area contributed by atoms with Crippen LogP contribution >= 0.6 is 0 Å². The highest BCUT2D eigenvalue weighted by Crippen LogP contribution is 2.30. The molecule has 3 nitrogen and oxygen atoms in total. The molecule has 17 heavy (non-hydrogen) atoms. The zero-order valence-corrected chi connectivity index (χ0v) is 10.9. The van der Waals surface area contributed by atoms with E-state index in [9.17, 15) is 4.79 Å². The van der Waals surface area contributed by atoms with Gasteiger partial charge in [-0.3, -0.25) is 4.79 Å². The van der Waals surface area contributed by atoms with Gasteiger partial charge in [0.05, 0.1) is 0 Å². The van der Waals surface area contributed by atoms with E-state index in [-0.39, 0.29) is 5.78 Å². The summed E-state index contributed by atoms with van der Waals surface area (Å²) >= 11 is 0. The van der Waals surface area contributed by atoms with Crippen molar-refractivity contribution in [1.82, 2.24) is 4.98 Å². The molecule has 1 aliphatic heterocycles. The van der Waals surface area contributed by atoms with E-state index in [2.05, 4.69) is 23.7 Å². The lowest BCUT2D eigenvalue weighted by molar-refractivity contribution is 0.101. The van der Waals surface area contributed by atoms with Crippen LogP contribution in [0.25, 0.3) is 0 Å². The second-order valence-electron chi connectivity index (χ2n) is 5.65. The van der Waals surface area contributed by atoms with Gasteiger partial charge in [-0.2, -0.15) is 0 Å². The molecule has 0 aliphatic carbocycles. The number of carbonyl (C=O) groups is 1. The van der Waals surface area contributed by atoms with Crippen LogP contribution in [-0.4, -0.2) is 23.9 Å². The lowest BCUT2D eigenvalue weighted by Crippen LogP contribution is -2.40. The van der Waals surface area contributed by atoms with Crippen molar-refractivity contribution in [3.05, 3.63) is 23.9 Å². The molecule has 0 aromatic carbocycles. The third-order valence-corrected chi connectivity index (χ3v) is 3.38. The smallest absolute Gasteiger partial charge is 0.161 e. The summed E-state index contributed by atoms with van der Waals surface area (Å²) in [6, 6.07) is 3.82. The fourth-order valence-electron chi connectivity index (χ4n) is 2.40. The molecule has 0 N–H and O–H groups in total. The third kappa shape index (κ3) is 2.84. The zero-order valence-electron chi connectivity index (χ0n) is 10.9. The molecule has 2 rings (SSSR count). The molecule has 1 fully saturated rings. The summed E-state index contributed by atoms with van der Waals surface area (Å²) in [7, 11) is 0. The average Bonchev–Trinajstić information content (AvgIpc) is 2.28. The molecular weight excluding hydrogens is 212 g/mol. The van der Waals surface area contributed by atoms with E-state index in [4.69, 9.17) is 0 Å². The molecule has 0 bridgehead atoms. The van der Waals surface area contributed by atoms with Gasteiger partial charge in [0, 0.05) is 24.8 Å². The van der Waals surface area contributed by atoms with Crippen molar-refractivity contribution in [2.45, 2.75) is 33.6 Å². The Bertz CT molecular complexity index is 409. The van der Waals surface area contributed by atoms with E-state index < -0.39 is 0 Å². The number of anilines is 1. The van der Waals surface area contributed by atoms with Crippen LogP contribution in [0.15, 0.2) is 18.3 Å². The van der Waals surface area contributed by atoms with Gasteiger partial charge in [0.2, 0.25) is 0 Å². The minimum atomic E-state index is 0.0722. The molecule has 92 valence electrons. The van der Waals surface area contributed by atoms with Gasteiger partial charge in [-0.25, -0.2) is 4.98 Å². The van der Waals surface area contributed by atoms with E-state index >= 15 is 0 Å². The van der Waals surface area contributed by atoms with Crippen LogP contribution in [0.4, 0.5) is 5.82 Å². The summed E-state index contributed by atoms with van der Waals surface area (Å²) in [5.41, 5.74) is 1.05. The van der Waals surface area contributed by atoms with Crippen molar-refractivity contribution in [3.8, 4) is 0 Å². The van der Waals surface area contributed by atoms with E-state index in [0.717, 1.165) is 18.9 Å². The van der Waals surface area contributed by atoms with Crippen LogP contribution in [0.1, 0.15) is 44.0 Å². The molecular formula is C14H20N2O. The number of pyridine rings is 1. The number of hydrogen-bond acceptors (Lipinski definition) is 3. The Morgan fingerprint density at radius 1 is 1.41 bits per heavy atom. The van der Waals surface area contributed by atoms with Crippen LogP contribution in [0, 0.1) is 5.41 Å². The van der Waals surface area contributed by atoms with Crippen molar-refractivity contribution in [2.75, 3.05) is 18.0 Å². The van der Waals surface area contributed by atoms with E-state index in [1.807, 2.05) is 12.1 Å². The maximum absolute atomic E-state index is 11.2. The molecule has 0 spiro atoms. The van der Waals surface area contributed by atoms with Crippen molar-refractivity contribution >= 4 is 11.6 Å². The molecule has 0 unspecified atom stereocenters. The number of aromatic nitrogens is 1. The molecule has 0 saturated carbocycles. The Hall–Kier alpha value is -1.38. The normalized spacial score (nSPS) is 19.1. The van der Waals surface area contributed by atoms with Gasteiger partial charge in [-0.1, -0.05) is 13.8 Å². The van der Waals surface area contributed by atoms with E-state index in [0.29, 0.717) is 11.0 Å². The maximum atomic E-state index is 11.2. The monoisotopic (exact) mass is 232 g/mol. The zero-order chi connectivity index (χ0) is 12.5. The molecule has 1 aromatic heterocycles.